The smallest absolute Gasteiger partial charge is 0.258 e. The highest BCUT2D eigenvalue weighted by atomic mass is 35.5. The minimum atomic E-state index is -0.181. The molecule has 0 atom stereocenters. The first-order valence-corrected chi connectivity index (χ1v) is 7.60. The molecule has 5 nitrogen and oxygen atoms in total. The molecule has 0 radical (unpaired) electrons. The van der Waals surface area contributed by atoms with Gasteiger partial charge in [0, 0.05) is 17.3 Å². The van der Waals surface area contributed by atoms with Crippen LogP contribution >= 0.6 is 11.6 Å². The van der Waals surface area contributed by atoms with Gasteiger partial charge >= 0.3 is 0 Å². The fourth-order valence-corrected chi connectivity index (χ4v) is 2.61. The molecular weight excluding hydrogens is 314 g/mol. The molecule has 0 fully saturated rings. The summed E-state index contributed by atoms with van der Waals surface area (Å²) in [6.45, 7) is 5.97. The second-order valence-electron chi connectivity index (χ2n) is 5.53. The molecule has 0 aliphatic heterocycles. The lowest BCUT2D eigenvalue weighted by Gasteiger charge is -2.08. The predicted octanol–water partition coefficient (Wildman–Crippen LogP) is 3.73. The standard InChI is InChI=1S/C17H16ClN3O2/c1-9-6-12(4-5-14(9)18)8-19-16(22)13-7-10(2)20-17-15(13)11(3)21-23-17/h4-7H,8H2,1-3H3,(H,19,22). The zero-order valence-electron chi connectivity index (χ0n) is 13.1. The van der Waals surface area contributed by atoms with Crippen molar-refractivity contribution in [3.8, 4) is 0 Å². The first-order valence-electron chi connectivity index (χ1n) is 7.22. The molecule has 0 saturated heterocycles. The number of hydrogen-bond donors (Lipinski definition) is 1. The molecule has 0 aliphatic carbocycles. The van der Waals surface area contributed by atoms with Crippen LogP contribution in [0, 0.1) is 20.8 Å². The van der Waals surface area contributed by atoms with Gasteiger partial charge in [-0.1, -0.05) is 28.9 Å². The van der Waals surface area contributed by atoms with E-state index in [0.29, 0.717) is 39.6 Å². The fourth-order valence-electron chi connectivity index (χ4n) is 2.49. The normalized spacial score (nSPS) is 11.0. The van der Waals surface area contributed by atoms with Crippen LogP contribution in [-0.2, 0) is 6.54 Å². The molecule has 0 bridgehead atoms. The van der Waals surface area contributed by atoms with Crippen molar-refractivity contribution in [3.63, 3.8) is 0 Å². The Morgan fingerprint density at radius 1 is 1.26 bits per heavy atom. The molecule has 2 aromatic heterocycles. The quantitative estimate of drug-likeness (QED) is 0.795. The topological polar surface area (TPSA) is 68.0 Å². The number of nitrogens with zero attached hydrogens (tertiary/aromatic N) is 2. The Morgan fingerprint density at radius 2 is 2.04 bits per heavy atom. The van der Waals surface area contributed by atoms with Gasteiger partial charge in [0.2, 0.25) is 0 Å². The van der Waals surface area contributed by atoms with Crippen molar-refractivity contribution in [1.82, 2.24) is 15.5 Å². The number of aromatic nitrogens is 2. The van der Waals surface area contributed by atoms with E-state index in [4.69, 9.17) is 16.1 Å². The first-order chi connectivity index (χ1) is 11.0. The maximum atomic E-state index is 12.6. The lowest BCUT2D eigenvalue weighted by molar-refractivity contribution is 0.0952. The third-order valence-corrected chi connectivity index (χ3v) is 4.09. The Bertz CT molecular complexity index is 902. The van der Waals surface area contributed by atoms with Gasteiger partial charge in [0.1, 0.15) is 0 Å². The molecule has 3 rings (SSSR count). The average molecular weight is 330 g/mol. The van der Waals surface area contributed by atoms with Gasteiger partial charge in [-0.05, 0) is 44.0 Å². The van der Waals surface area contributed by atoms with Crippen LogP contribution in [-0.4, -0.2) is 16.0 Å². The number of amides is 1. The van der Waals surface area contributed by atoms with Crippen LogP contribution in [0.15, 0.2) is 28.8 Å². The summed E-state index contributed by atoms with van der Waals surface area (Å²) in [5.41, 5.74) is 4.24. The van der Waals surface area contributed by atoms with Crippen LogP contribution in [0.1, 0.15) is 32.9 Å². The van der Waals surface area contributed by atoms with Crippen LogP contribution in [0.5, 0.6) is 0 Å². The van der Waals surface area contributed by atoms with Crippen molar-refractivity contribution < 1.29 is 9.32 Å². The summed E-state index contributed by atoms with van der Waals surface area (Å²) in [4.78, 5) is 16.8. The van der Waals surface area contributed by atoms with Crippen molar-refractivity contribution in [1.29, 1.82) is 0 Å². The van der Waals surface area contributed by atoms with Crippen molar-refractivity contribution in [3.05, 3.63) is 57.4 Å². The third kappa shape index (κ3) is 3.05. The number of aryl methyl sites for hydroxylation is 3. The summed E-state index contributed by atoms with van der Waals surface area (Å²) in [6, 6.07) is 7.43. The van der Waals surface area contributed by atoms with E-state index in [2.05, 4.69) is 15.5 Å². The molecule has 1 N–H and O–H groups in total. The van der Waals surface area contributed by atoms with Gasteiger partial charge in [0.25, 0.3) is 11.6 Å². The second-order valence-corrected chi connectivity index (χ2v) is 5.93. The molecule has 0 spiro atoms. The molecule has 6 heteroatoms. The number of fused-ring (bicyclic) bond motifs is 1. The highest BCUT2D eigenvalue weighted by Gasteiger charge is 2.17. The van der Waals surface area contributed by atoms with Gasteiger partial charge in [-0.3, -0.25) is 4.79 Å². The van der Waals surface area contributed by atoms with Gasteiger partial charge in [-0.2, -0.15) is 0 Å². The average Bonchev–Trinajstić information content (AvgIpc) is 2.88. The number of carbonyl (C=O) groups excluding carboxylic acids is 1. The van der Waals surface area contributed by atoms with E-state index in [-0.39, 0.29) is 5.91 Å². The zero-order chi connectivity index (χ0) is 16.6. The van der Waals surface area contributed by atoms with Gasteiger partial charge in [-0.25, -0.2) is 4.98 Å². The maximum absolute atomic E-state index is 12.6. The molecule has 3 aromatic rings. The third-order valence-electron chi connectivity index (χ3n) is 3.67. The lowest BCUT2D eigenvalue weighted by atomic mass is 10.1. The van der Waals surface area contributed by atoms with E-state index in [0.717, 1.165) is 11.1 Å². The molecule has 1 aromatic carbocycles. The monoisotopic (exact) mass is 329 g/mol. The number of pyridine rings is 1. The van der Waals surface area contributed by atoms with Crippen molar-refractivity contribution >= 4 is 28.6 Å². The molecule has 0 unspecified atom stereocenters. The van der Waals surface area contributed by atoms with E-state index >= 15 is 0 Å². The summed E-state index contributed by atoms with van der Waals surface area (Å²) < 4.78 is 5.16. The molecule has 1 amide bonds. The number of halogens is 1. The Kier molecular flexibility index (Phi) is 4.05. The SMILES string of the molecule is Cc1cc(C(=O)NCc2ccc(Cl)c(C)c2)c2c(C)noc2n1. The molecule has 118 valence electrons. The molecule has 0 saturated carbocycles. The number of rotatable bonds is 3. The van der Waals surface area contributed by atoms with Crippen LogP contribution in [0.4, 0.5) is 0 Å². The predicted molar refractivity (Wildman–Crippen MR) is 88.6 cm³/mol. The molecular formula is C17H16ClN3O2. The van der Waals surface area contributed by atoms with Crippen LogP contribution in [0.25, 0.3) is 11.1 Å². The second kappa shape index (κ2) is 6.01. The van der Waals surface area contributed by atoms with Crippen molar-refractivity contribution in [2.45, 2.75) is 27.3 Å². The van der Waals surface area contributed by atoms with E-state index < -0.39 is 0 Å². The van der Waals surface area contributed by atoms with E-state index in [9.17, 15) is 4.79 Å². The Balaban J connectivity index is 1.86. The maximum Gasteiger partial charge on any atom is 0.258 e. The summed E-state index contributed by atoms with van der Waals surface area (Å²) in [7, 11) is 0. The summed E-state index contributed by atoms with van der Waals surface area (Å²) in [6.07, 6.45) is 0. The first kappa shape index (κ1) is 15.5. The summed E-state index contributed by atoms with van der Waals surface area (Å²) in [5.74, 6) is -0.181. The van der Waals surface area contributed by atoms with Gasteiger partial charge in [0.05, 0.1) is 16.6 Å². The van der Waals surface area contributed by atoms with Crippen LogP contribution in [0.2, 0.25) is 5.02 Å². The minimum absolute atomic E-state index is 0.181. The lowest BCUT2D eigenvalue weighted by Crippen LogP contribution is -2.23. The van der Waals surface area contributed by atoms with E-state index in [1.165, 1.54) is 0 Å². The van der Waals surface area contributed by atoms with Crippen LogP contribution in [0.3, 0.4) is 0 Å². The van der Waals surface area contributed by atoms with Gasteiger partial charge < -0.3 is 9.84 Å². The molecule has 23 heavy (non-hydrogen) atoms. The summed E-state index contributed by atoms with van der Waals surface area (Å²) >= 11 is 6.02. The zero-order valence-corrected chi connectivity index (χ0v) is 13.9. The minimum Gasteiger partial charge on any atom is -0.348 e. The Hall–Kier alpha value is -2.40. The Morgan fingerprint density at radius 3 is 2.78 bits per heavy atom. The van der Waals surface area contributed by atoms with Gasteiger partial charge in [-0.15, -0.1) is 0 Å². The number of carbonyl (C=O) groups is 1. The summed E-state index contributed by atoms with van der Waals surface area (Å²) in [5, 5.41) is 8.17. The number of nitrogens with one attached hydrogen (secondary N) is 1. The molecule has 2 heterocycles. The Labute approximate surface area is 138 Å². The van der Waals surface area contributed by atoms with E-state index in [1.807, 2.05) is 32.0 Å². The van der Waals surface area contributed by atoms with Gasteiger partial charge in [0.15, 0.2) is 0 Å². The fraction of sp³-hybridized carbons (Fsp3) is 0.235. The molecule has 0 aliphatic rings. The highest BCUT2D eigenvalue weighted by Crippen LogP contribution is 2.22. The van der Waals surface area contributed by atoms with E-state index in [1.54, 1.807) is 13.0 Å². The highest BCUT2D eigenvalue weighted by molar-refractivity contribution is 6.31. The van der Waals surface area contributed by atoms with Crippen molar-refractivity contribution in [2.24, 2.45) is 0 Å². The van der Waals surface area contributed by atoms with Crippen LogP contribution < -0.4 is 5.32 Å². The number of benzene rings is 1. The largest absolute Gasteiger partial charge is 0.348 e. The number of hydrogen-bond acceptors (Lipinski definition) is 4. The van der Waals surface area contributed by atoms with Crippen molar-refractivity contribution in [2.75, 3.05) is 0 Å².